The number of carboxylic acid groups (broad SMARTS) is 1. The second-order valence-corrected chi connectivity index (χ2v) is 4.71. The van der Waals surface area contributed by atoms with Gasteiger partial charge in [0.05, 0.1) is 6.10 Å². The summed E-state index contributed by atoms with van der Waals surface area (Å²) in [4.78, 5) is 22.3. The number of hydrogen-bond donors (Lipinski definition) is 2. The Bertz CT molecular complexity index is 485. The van der Waals surface area contributed by atoms with Crippen molar-refractivity contribution in [3.8, 4) is 5.75 Å². The molecule has 0 radical (unpaired) electrons. The zero-order chi connectivity index (χ0) is 14.5. The van der Waals surface area contributed by atoms with E-state index >= 15 is 0 Å². The lowest BCUT2D eigenvalue weighted by Crippen LogP contribution is -2.27. The molecule has 2 rings (SSSR count). The van der Waals surface area contributed by atoms with Crippen molar-refractivity contribution >= 4 is 17.6 Å². The van der Waals surface area contributed by atoms with Crippen LogP contribution in [0.25, 0.3) is 0 Å². The maximum atomic E-state index is 11.9. The van der Waals surface area contributed by atoms with E-state index in [-0.39, 0.29) is 18.6 Å². The van der Waals surface area contributed by atoms with Crippen LogP contribution in [-0.2, 0) is 14.3 Å². The van der Waals surface area contributed by atoms with Gasteiger partial charge in [0.15, 0.2) is 6.61 Å². The topological polar surface area (TPSA) is 84.9 Å². The van der Waals surface area contributed by atoms with Crippen LogP contribution in [0.15, 0.2) is 24.3 Å². The zero-order valence-electron chi connectivity index (χ0n) is 11.2. The lowest BCUT2D eigenvalue weighted by Gasteiger charge is -2.12. The maximum Gasteiger partial charge on any atom is 0.341 e. The van der Waals surface area contributed by atoms with Crippen LogP contribution in [0.4, 0.5) is 5.69 Å². The van der Waals surface area contributed by atoms with E-state index in [9.17, 15) is 9.59 Å². The lowest BCUT2D eigenvalue weighted by molar-refractivity contribution is -0.139. The van der Waals surface area contributed by atoms with Crippen LogP contribution in [0.3, 0.4) is 0 Å². The van der Waals surface area contributed by atoms with Crippen LogP contribution in [0.1, 0.15) is 19.8 Å². The summed E-state index contributed by atoms with van der Waals surface area (Å²) in [6.45, 7) is 1.56. The molecule has 1 saturated heterocycles. The van der Waals surface area contributed by atoms with Gasteiger partial charge < -0.3 is 19.9 Å². The molecule has 1 aliphatic heterocycles. The summed E-state index contributed by atoms with van der Waals surface area (Å²) in [5.41, 5.74) is 0.626. The number of rotatable bonds is 5. The number of hydrogen-bond acceptors (Lipinski definition) is 4. The third-order valence-corrected chi connectivity index (χ3v) is 3.01. The van der Waals surface area contributed by atoms with Crippen molar-refractivity contribution in [2.24, 2.45) is 0 Å². The van der Waals surface area contributed by atoms with Crippen LogP contribution >= 0.6 is 0 Å². The number of anilines is 1. The van der Waals surface area contributed by atoms with Crippen LogP contribution in [0, 0.1) is 0 Å². The normalized spacial score (nSPS) is 21.4. The Morgan fingerprint density at radius 1 is 1.35 bits per heavy atom. The summed E-state index contributed by atoms with van der Waals surface area (Å²) < 4.78 is 10.5. The van der Waals surface area contributed by atoms with Gasteiger partial charge in [0.25, 0.3) is 5.91 Å². The number of nitrogens with one attached hydrogen (secondary N) is 1. The van der Waals surface area contributed by atoms with Gasteiger partial charge in [-0.05, 0) is 44.0 Å². The first-order chi connectivity index (χ1) is 9.54. The highest BCUT2D eigenvalue weighted by Gasteiger charge is 2.28. The van der Waals surface area contributed by atoms with E-state index in [0.717, 1.165) is 12.8 Å². The molecule has 1 aromatic carbocycles. The number of carbonyl (C=O) groups excluding carboxylic acids is 1. The maximum absolute atomic E-state index is 11.9. The van der Waals surface area contributed by atoms with Gasteiger partial charge in [-0.3, -0.25) is 4.79 Å². The highest BCUT2D eigenvalue weighted by molar-refractivity contribution is 5.94. The Morgan fingerprint density at radius 2 is 2.05 bits per heavy atom. The molecule has 1 heterocycles. The molecule has 2 unspecified atom stereocenters. The van der Waals surface area contributed by atoms with E-state index < -0.39 is 12.1 Å². The molecule has 20 heavy (non-hydrogen) atoms. The summed E-state index contributed by atoms with van der Waals surface area (Å²) in [6.07, 6.45) is 1.35. The summed E-state index contributed by atoms with van der Waals surface area (Å²) in [5.74, 6) is -0.750. The van der Waals surface area contributed by atoms with Gasteiger partial charge in [-0.1, -0.05) is 0 Å². The van der Waals surface area contributed by atoms with Crippen molar-refractivity contribution in [3.63, 3.8) is 0 Å². The number of amides is 1. The molecule has 2 atom stereocenters. The van der Waals surface area contributed by atoms with Crippen molar-refractivity contribution in [1.82, 2.24) is 0 Å². The van der Waals surface area contributed by atoms with Crippen molar-refractivity contribution in [2.45, 2.75) is 32.0 Å². The molecule has 0 bridgehead atoms. The molecule has 1 fully saturated rings. The number of ether oxygens (including phenoxy) is 2. The van der Waals surface area contributed by atoms with Crippen LogP contribution in [0.2, 0.25) is 0 Å². The second kappa shape index (κ2) is 6.38. The minimum Gasteiger partial charge on any atom is -0.482 e. The second-order valence-electron chi connectivity index (χ2n) is 4.71. The summed E-state index contributed by atoms with van der Waals surface area (Å²) in [7, 11) is 0. The van der Waals surface area contributed by atoms with Crippen molar-refractivity contribution in [1.29, 1.82) is 0 Å². The minimum atomic E-state index is -1.03. The molecule has 0 spiro atoms. The van der Waals surface area contributed by atoms with Gasteiger partial charge in [0, 0.05) is 5.69 Å². The largest absolute Gasteiger partial charge is 0.482 e. The molecule has 1 aromatic rings. The molecule has 0 saturated carbocycles. The van der Waals surface area contributed by atoms with Crippen molar-refractivity contribution < 1.29 is 24.2 Å². The smallest absolute Gasteiger partial charge is 0.341 e. The highest BCUT2D eigenvalue weighted by atomic mass is 16.5. The van der Waals surface area contributed by atoms with Gasteiger partial charge in [-0.2, -0.15) is 0 Å². The van der Waals surface area contributed by atoms with Crippen molar-refractivity contribution in [2.75, 3.05) is 11.9 Å². The molecule has 108 valence electrons. The first-order valence-corrected chi connectivity index (χ1v) is 6.45. The van der Waals surface area contributed by atoms with Gasteiger partial charge in [0.1, 0.15) is 11.9 Å². The van der Waals surface area contributed by atoms with Crippen LogP contribution in [0.5, 0.6) is 5.75 Å². The number of benzene rings is 1. The van der Waals surface area contributed by atoms with E-state index in [1.165, 1.54) is 0 Å². The predicted molar refractivity (Wildman–Crippen MR) is 71.8 cm³/mol. The Labute approximate surface area is 116 Å². The van der Waals surface area contributed by atoms with Crippen LogP contribution in [-0.4, -0.2) is 35.8 Å². The number of aliphatic carboxylic acids is 1. The predicted octanol–water partition coefficient (Wildman–Crippen LogP) is 1.66. The first kappa shape index (κ1) is 14.3. The van der Waals surface area contributed by atoms with Gasteiger partial charge >= 0.3 is 5.97 Å². The number of carboxylic acids is 1. The van der Waals surface area contributed by atoms with Gasteiger partial charge in [-0.25, -0.2) is 4.79 Å². The Balaban J connectivity index is 1.87. The highest BCUT2D eigenvalue weighted by Crippen LogP contribution is 2.21. The molecule has 1 aliphatic rings. The molecule has 6 heteroatoms. The molecule has 0 aliphatic carbocycles. The Kier molecular flexibility index (Phi) is 4.57. The van der Waals surface area contributed by atoms with E-state index in [1.54, 1.807) is 24.3 Å². The Hall–Kier alpha value is -2.08. The average molecular weight is 279 g/mol. The summed E-state index contributed by atoms with van der Waals surface area (Å²) >= 11 is 0. The van der Waals surface area contributed by atoms with E-state index in [1.807, 2.05) is 6.92 Å². The third-order valence-electron chi connectivity index (χ3n) is 3.01. The quantitative estimate of drug-likeness (QED) is 0.856. The Morgan fingerprint density at radius 3 is 2.60 bits per heavy atom. The van der Waals surface area contributed by atoms with E-state index in [2.05, 4.69) is 5.32 Å². The first-order valence-electron chi connectivity index (χ1n) is 6.45. The fraction of sp³-hybridized carbons (Fsp3) is 0.429. The van der Waals surface area contributed by atoms with Crippen LogP contribution < -0.4 is 10.1 Å². The standard InChI is InChI=1S/C14H17NO5/c1-9-2-7-12(20-9)14(18)15-10-3-5-11(6-4-10)19-8-13(16)17/h3-6,9,12H,2,7-8H2,1H3,(H,15,18)(H,16,17). The molecule has 1 amide bonds. The summed E-state index contributed by atoms with van der Waals surface area (Å²) in [5, 5.41) is 11.3. The minimum absolute atomic E-state index is 0.123. The molecular weight excluding hydrogens is 262 g/mol. The molecule has 2 N–H and O–H groups in total. The van der Waals surface area contributed by atoms with E-state index in [0.29, 0.717) is 11.4 Å². The number of carbonyl (C=O) groups is 2. The third kappa shape index (κ3) is 3.96. The molecule has 0 aromatic heterocycles. The fourth-order valence-corrected chi connectivity index (χ4v) is 2.00. The zero-order valence-corrected chi connectivity index (χ0v) is 11.2. The van der Waals surface area contributed by atoms with E-state index in [4.69, 9.17) is 14.6 Å². The molecule has 6 nitrogen and oxygen atoms in total. The average Bonchev–Trinajstić information content (AvgIpc) is 2.85. The molecular formula is C14H17NO5. The lowest BCUT2D eigenvalue weighted by atomic mass is 10.2. The van der Waals surface area contributed by atoms with Gasteiger partial charge in [0.2, 0.25) is 0 Å². The van der Waals surface area contributed by atoms with Gasteiger partial charge in [-0.15, -0.1) is 0 Å². The fourth-order valence-electron chi connectivity index (χ4n) is 2.00. The summed E-state index contributed by atoms with van der Waals surface area (Å²) in [6, 6.07) is 6.54. The van der Waals surface area contributed by atoms with Crippen molar-refractivity contribution in [3.05, 3.63) is 24.3 Å². The SMILES string of the molecule is CC1CCC(C(=O)Nc2ccc(OCC(=O)O)cc2)O1. The monoisotopic (exact) mass is 279 g/mol.